The molecule has 0 aliphatic rings. The lowest BCUT2D eigenvalue weighted by atomic mass is 10.1. The molecule has 0 saturated carbocycles. The zero-order valence-electron chi connectivity index (χ0n) is 7.92. The van der Waals surface area contributed by atoms with E-state index in [1.165, 1.54) is 19.2 Å². The number of methoxy groups -OCH3 is 1. The maximum Gasteiger partial charge on any atom is 0.340 e. The molecule has 0 spiro atoms. The van der Waals surface area contributed by atoms with Crippen molar-refractivity contribution < 1.29 is 18.7 Å². The topological polar surface area (TPSA) is 43.4 Å². The molecule has 0 aliphatic heterocycles. The number of halogens is 2. The highest BCUT2D eigenvalue weighted by molar-refractivity contribution is 9.09. The SMILES string of the molecule is COC(=O)c1ccc(C(=O)CBr)cc1F. The number of hydrogen-bond donors (Lipinski definition) is 0. The molecule has 1 aromatic rings. The van der Waals surface area contributed by atoms with E-state index in [-0.39, 0.29) is 22.2 Å². The first-order valence-electron chi connectivity index (χ1n) is 4.07. The van der Waals surface area contributed by atoms with Crippen LogP contribution in [0, 0.1) is 5.82 Å². The molecule has 3 nitrogen and oxygen atoms in total. The van der Waals surface area contributed by atoms with Crippen molar-refractivity contribution in [1.29, 1.82) is 0 Å². The van der Waals surface area contributed by atoms with Gasteiger partial charge in [-0.05, 0) is 12.1 Å². The van der Waals surface area contributed by atoms with E-state index in [4.69, 9.17) is 0 Å². The highest BCUT2D eigenvalue weighted by Gasteiger charge is 2.14. The summed E-state index contributed by atoms with van der Waals surface area (Å²) >= 11 is 2.97. The van der Waals surface area contributed by atoms with Crippen LogP contribution in [0.2, 0.25) is 0 Å². The molecule has 0 N–H and O–H groups in total. The molecule has 15 heavy (non-hydrogen) atoms. The lowest BCUT2D eigenvalue weighted by molar-refractivity contribution is 0.0595. The quantitative estimate of drug-likeness (QED) is 0.482. The molecule has 1 rings (SSSR count). The minimum Gasteiger partial charge on any atom is -0.465 e. The van der Waals surface area contributed by atoms with Gasteiger partial charge in [-0.15, -0.1) is 0 Å². The second-order valence-corrected chi connectivity index (χ2v) is 3.30. The highest BCUT2D eigenvalue weighted by Crippen LogP contribution is 2.12. The number of ketones is 1. The Kier molecular flexibility index (Phi) is 3.96. The predicted molar refractivity (Wildman–Crippen MR) is 55.9 cm³/mol. The molecule has 0 aliphatic carbocycles. The fourth-order valence-electron chi connectivity index (χ4n) is 1.04. The van der Waals surface area contributed by atoms with E-state index < -0.39 is 11.8 Å². The van der Waals surface area contributed by atoms with Gasteiger partial charge in [-0.2, -0.15) is 0 Å². The third kappa shape index (κ3) is 2.62. The Bertz CT molecular complexity index is 404. The highest BCUT2D eigenvalue weighted by atomic mass is 79.9. The summed E-state index contributed by atoms with van der Waals surface area (Å²) in [5, 5.41) is 0.115. The zero-order chi connectivity index (χ0) is 11.4. The average Bonchev–Trinajstić information content (AvgIpc) is 2.26. The van der Waals surface area contributed by atoms with Crippen molar-refractivity contribution in [2.45, 2.75) is 0 Å². The minimum absolute atomic E-state index is 0.115. The van der Waals surface area contributed by atoms with E-state index in [9.17, 15) is 14.0 Å². The largest absolute Gasteiger partial charge is 0.465 e. The molecule has 0 amide bonds. The van der Waals surface area contributed by atoms with Crippen LogP contribution in [-0.2, 0) is 4.74 Å². The Labute approximate surface area is 94.4 Å². The Morgan fingerprint density at radius 2 is 2.13 bits per heavy atom. The van der Waals surface area contributed by atoms with E-state index in [0.717, 1.165) is 6.07 Å². The standard InChI is InChI=1S/C10H8BrFO3/c1-15-10(14)7-3-2-6(4-8(7)12)9(13)5-11/h2-4H,5H2,1H3. The molecule has 0 unspecified atom stereocenters. The molecule has 0 heterocycles. The Morgan fingerprint density at radius 3 is 2.60 bits per heavy atom. The number of carbonyl (C=O) groups is 2. The van der Waals surface area contributed by atoms with Gasteiger partial charge in [-0.25, -0.2) is 9.18 Å². The van der Waals surface area contributed by atoms with Crippen LogP contribution in [0.5, 0.6) is 0 Å². The number of benzene rings is 1. The number of hydrogen-bond acceptors (Lipinski definition) is 3. The van der Waals surface area contributed by atoms with E-state index in [0.29, 0.717) is 0 Å². The Hall–Kier alpha value is -1.23. The van der Waals surface area contributed by atoms with E-state index in [1.54, 1.807) is 0 Å². The number of rotatable bonds is 3. The van der Waals surface area contributed by atoms with E-state index in [1.807, 2.05) is 0 Å². The molecule has 5 heteroatoms. The number of carbonyl (C=O) groups excluding carboxylic acids is 2. The van der Waals surface area contributed by atoms with Gasteiger partial charge in [-0.3, -0.25) is 4.79 Å². The van der Waals surface area contributed by atoms with Crippen molar-refractivity contribution in [3.63, 3.8) is 0 Å². The van der Waals surface area contributed by atoms with Gasteiger partial charge in [0.25, 0.3) is 0 Å². The van der Waals surface area contributed by atoms with Crippen LogP contribution in [-0.4, -0.2) is 24.2 Å². The predicted octanol–water partition coefficient (Wildman–Crippen LogP) is 2.19. The van der Waals surface area contributed by atoms with Gasteiger partial charge in [0.15, 0.2) is 5.78 Å². The van der Waals surface area contributed by atoms with Crippen LogP contribution in [0.1, 0.15) is 20.7 Å². The van der Waals surface area contributed by atoms with Crippen LogP contribution >= 0.6 is 15.9 Å². The van der Waals surface area contributed by atoms with Crippen molar-refractivity contribution in [3.8, 4) is 0 Å². The van der Waals surface area contributed by atoms with Crippen molar-refractivity contribution in [3.05, 3.63) is 35.1 Å². The van der Waals surface area contributed by atoms with Crippen LogP contribution in [0.3, 0.4) is 0 Å². The molecular formula is C10H8BrFO3. The lowest BCUT2D eigenvalue weighted by Gasteiger charge is -2.02. The van der Waals surface area contributed by atoms with Crippen molar-refractivity contribution in [2.75, 3.05) is 12.4 Å². The first-order chi connectivity index (χ1) is 7.10. The van der Waals surface area contributed by atoms with Gasteiger partial charge < -0.3 is 4.74 Å². The number of alkyl halides is 1. The summed E-state index contributed by atoms with van der Waals surface area (Å²) in [5.41, 5.74) is 0.0423. The molecule has 80 valence electrons. The number of ether oxygens (including phenoxy) is 1. The van der Waals surface area contributed by atoms with Crippen molar-refractivity contribution in [2.24, 2.45) is 0 Å². The average molecular weight is 275 g/mol. The third-order valence-corrected chi connectivity index (χ3v) is 2.33. The van der Waals surface area contributed by atoms with Crippen molar-refractivity contribution >= 4 is 27.7 Å². The lowest BCUT2D eigenvalue weighted by Crippen LogP contribution is -2.07. The second-order valence-electron chi connectivity index (χ2n) is 2.74. The molecule has 0 radical (unpaired) electrons. The van der Waals surface area contributed by atoms with Gasteiger partial charge in [0, 0.05) is 5.56 Å². The Balaban J connectivity index is 3.08. The molecule has 1 aromatic carbocycles. The van der Waals surface area contributed by atoms with Crippen LogP contribution in [0.15, 0.2) is 18.2 Å². The number of Topliss-reactive ketones (excluding diaryl/α,β-unsaturated/α-hetero) is 1. The monoisotopic (exact) mass is 274 g/mol. The smallest absolute Gasteiger partial charge is 0.340 e. The Morgan fingerprint density at radius 1 is 1.47 bits per heavy atom. The molecule has 0 fully saturated rings. The molecular weight excluding hydrogens is 267 g/mol. The summed E-state index contributed by atoms with van der Waals surface area (Å²) in [6.45, 7) is 0. The van der Waals surface area contributed by atoms with Crippen molar-refractivity contribution in [1.82, 2.24) is 0 Å². The number of esters is 1. The summed E-state index contributed by atoms with van der Waals surface area (Å²) in [4.78, 5) is 22.2. The first kappa shape index (κ1) is 11.8. The van der Waals surface area contributed by atoms with E-state index >= 15 is 0 Å². The summed E-state index contributed by atoms with van der Waals surface area (Å²) in [7, 11) is 1.17. The second kappa shape index (κ2) is 5.02. The van der Waals surface area contributed by atoms with Gasteiger partial charge in [0.1, 0.15) is 5.82 Å². The van der Waals surface area contributed by atoms with E-state index in [2.05, 4.69) is 20.7 Å². The molecule has 0 aromatic heterocycles. The van der Waals surface area contributed by atoms with Crippen LogP contribution < -0.4 is 0 Å². The molecule has 0 atom stereocenters. The summed E-state index contributed by atoms with van der Waals surface area (Å²) in [6, 6.07) is 3.64. The van der Waals surface area contributed by atoms with Crippen LogP contribution in [0.25, 0.3) is 0 Å². The fraction of sp³-hybridized carbons (Fsp3) is 0.200. The summed E-state index contributed by atoms with van der Waals surface area (Å²) < 4.78 is 17.7. The summed E-state index contributed by atoms with van der Waals surface area (Å²) in [5.74, 6) is -1.76. The van der Waals surface area contributed by atoms with Gasteiger partial charge in [0.05, 0.1) is 18.0 Å². The minimum atomic E-state index is -0.759. The van der Waals surface area contributed by atoms with Gasteiger partial charge >= 0.3 is 5.97 Å². The normalized spacial score (nSPS) is 9.80. The molecule has 0 saturated heterocycles. The third-order valence-electron chi connectivity index (χ3n) is 1.82. The fourth-order valence-corrected chi connectivity index (χ4v) is 1.36. The molecule has 0 bridgehead atoms. The zero-order valence-corrected chi connectivity index (χ0v) is 9.51. The maximum atomic E-state index is 13.3. The maximum absolute atomic E-state index is 13.3. The van der Waals surface area contributed by atoms with Gasteiger partial charge in [0.2, 0.25) is 0 Å². The van der Waals surface area contributed by atoms with Gasteiger partial charge in [-0.1, -0.05) is 22.0 Å². The first-order valence-corrected chi connectivity index (χ1v) is 5.19. The summed E-state index contributed by atoms with van der Waals surface area (Å²) in [6.07, 6.45) is 0. The van der Waals surface area contributed by atoms with Crippen LogP contribution in [0.4, 0.5) is 4.39 Å².